The van der Waals surface area contributed by atoms with Crippen molar-refractivity contribution in [3.8, 4) is 11.5 Å². The summed E-state index contributed by atoms with van der Waals surface area (Å²) in [5, 5.41) is 0. The lowest BCUT2D eigenvalue weighted by molar-refractivity contribution is 0.107. The Labute approximate surface area is 102 Å². The van der Waals surface area contributed by atoms with Crippen molar-refractivity contribution in [2.45, 2.75) is 20.0 Å². The van der Waals surface area contributed by atoms with Crippen LogP contribution in [0, 0.1) is 6.92 Å². The van der Waals surface area contributed by atoms with Gasteiger partial charge in [-0.2, -0.15) is 0 Å². The van der Waals surface area contributed by atoms with E-state index in [-0.39, 0.29) is 0 Å². The molecule has 0 aromatic heterocycles. The van der Waals surface area contributed by atoms with E-state index >= 15 is 0 Å². The lowest BCUT2D eigenvalue weighted by Crippen LogP contribution is -2.31. The molecule has 2 heterocycles. The highest BCUT2D eigenvalue weighted by molar-refractivity contribution is 5.55. The second kappa shape index (κ2) is 3.89. The van der Waals surface area contributed by atoms with E-state index in [1.165, 1.54) is 11.1 Å². The molecule has 4 heteroatoms. The van der Waals surface area contributed by atoms with Crippen LogP contribution >= 0.6 is 0 Å². The SMILES string of the molecule is Cc1c2c(cc3c1OCN(C)C3)CN(C)CO2. The lowest BCUT2D eigenvalue weighted by atomic mass is 10.0. The maximum Gasteiger partial charge on any atom is 0.142 e. The average molecular weight is 234 g/mol. The molecule has 0 saturated heterocycles. The van der Waals surface area contributed by atoms with E-state index in [4.69, 9.17) is 9.47 Å². The van der Waals surface area contributed by atoms with Crippen LogP contribution in [0.4, 0.5) is 0 Å². The minimum absolute atomic E-state index is 0.659. The molecule has 0 bridgehead atoms. The monoisotopic (exact) mass is 234 g/mol. The molecule has 0 atom stereocenters. The van der Waals surface area contributed by atoms with E-state index in [9.17, 15) is 0 Å². The van der Waals surface area contributed by atoms with Crippen LogP contribution in [0.1, 0.15) is 16.7 Å². The Bertz CT molecular complexity index is 421. The molecule has 0 unspecified atom stereocenters. The van der Waals surface area contributed by atoms with Crippen molar-refractivity contribution in [1.29, 1.82) is 0 Å². The van der Waals surface area contributed by atoms with Crippen LogP contribution in [0.3, 0.4) is 0 Å². The van der Waals surface area contributed by atoms with Gasteiger partial charge in [-0.1, -0.05) is 0 Å². The highest BCUT2D eigenvalue weighted by atomic mass is 16.5. The van der Waals surface area contributed by atoms with Crippen LogP contribution in [0.2, 0.25) is 0 Å². The van der Waals surface area contributed by atoms with E-state index < -0.39 is 0 Å². The molecule has 0 fully saturated rings. The van der Waals surface area contributed by atoms with Crippen LogP contribution in [0.25, 0.3) is 0 Å². The third kappa shape index (κ3) is 1.77. The van der Waals surface area contributed by atoms with E-state index in [0.717, 1.165) is 30.2 Å². The predicted octanol–water partition coefficient (Wildman–Crippen LogP) is 1.56. The highest BCUT2D eigenvalue weighted by Crippen LogP contribution is 2.39. The third-order valence-electron chi connectivity index (χ3n) is 3.35. The third-order valence-corrected chi connectivity index (χ3v) is 3.35. The number of nitrogens with zero attached hydrogens (tertiary/aromatic N) is 2. The summed E-state index contributed by atoms with van der Waals surface area (Å²) in [4.78, 5) is 4.34. The summed E-state index contributed by atoms with van der Waals surface area (Å²) in [6.07, 6.45) is 0. The van der Waals surface area contributed by atoms with Crippen LogP contribution in [0.15, 0.2) is 6.07 Å². The van der Waals surface area contributed by atoms with Crippen LogP contribution in [-0.2, 0) is 13.1 Å². The number of hydrogen-bond donors (Lipinski definition) is 0. The fourth-order valence-corrected chi connectivity index (χ4v) is 2.59. The normalized spacial score (nSPS) is 20.2. The topological polar surface area (TPSA) is 24.9 Å². The zero-order chi connectivity index (χ0) is 12.0. The van der Waals surface area contributed by atoms with Crippen molar-refractivity contribution >= 4 is 0 Å². The molecular formula is C13H18N2O2. The quantitative estimate of drug-likeness (QED) is 0.680. The molecule has 2 aliphatic heterocycles. The zero-order valence-electron chi connectivity index (χ0n) is 10.6. The van der Waals surface area contributed by atoms with Gasteiger partial charge < -0.3 is 9.47 Å². The summed E-state index contributed by atoms with van der Waals surface area (Å²) >= 11 is 0. The van der Waals surface area contributed by atoms with Gasteiger partial charge in [0.25, 0.3) is 0 Å². The summed E-state index contributed by atoms with van der Waals surface area (Å²) in [6.45, 7) is 5.31. The van der Waals surface area contributed by atoms with Crippen LogP contribution < -0.4 is 9.47 Å². The summed E-state index contributed by atoms with van der Waals surface area (Å²) in [7, 11) is 4.14. The van der Waals surface area contributed by atoms with Gasteiger partial charge in [0.05, 0.1) is 0 Å². The molecule has 0 saturated carbocycles. The van der Waals surface area contributed by atoms with Gasteiger partial charge in [-0.15, -0.1) is 0 Å². The molecular weight excluding hydrogens is 216 g/mol. The summed E-state index contributed by atoms with van der Waals surface area (Å²) < 4.78 is 11.6. The summed E-state index contributed by atoms with van der Waals surface area (Å²) in [6, 6.07) is 2.23. The minimum atomic E-state index is 0.659. The minimum Gasteiger partial charge on any atom is -0.477 e. The lowest BCUT2D eigenvalue weighted by Gasteiger charge is -2.32. The smallest absolute Gasteiger partial charge is 0.142 e. The van der Waals surface area contributed by atoms with Gasteiger partial charge in [0.2, 0.25) is 0 Å². The van der Waals surface area contributed by atoms with Crippen molar-refractivity contribution in [3.63, 3.8) is 0 Å². The number of fused-ring (bicyclic) bond motifs is 2. The molecule has 1 aromatic carbocycles. The van der Waals surface area contributed by atoms with Gasteiger partial charge in [0, 0.05) is 29.8 Å². The van der Waals surface area contributed by atoms with Crippen LogP contribution in [-0.4, -0.2) is 37.4 Å². The van der Waals surface area contributed by atoms with Crippen LogP contribution in [0.5, 0.6) is 11.5 Å². The fourth-order valence-electron chi connectivity index (χ4n) is 2.59. The molecule has 0 radical (unpaired) electrons. The van der Waals surface area contributed by atoms with E-state index in [0.29, 0.717) is 13.5 Å². The maximum absolute atomic E-state index is 5.79. The molecule has 0 amide bonds. The second-order valence-corrected chi connectivity index (χ2v) is 5.05. The molecule has 2 aliphatic rings. The molecule has 0 spiro atoms. The number of ether oxygens (including phenoxy) is 2. The predicted molar refractivity (Wildman–Crippen MR) is 65.1 cm³/mol. The average Bonchev–Trinajstić information content (AvgIpc) is 2.28. The summed E-state index contributed by atoms with van der Waals surface area (Å²) in [5.41, 5.74) is 3.70. The Kier molecular flexibility index (Phi) is 2.49. The van der Waals surface area contributed by atoms with Gasteiger partial charge in [-0.3, -0.25) is 9.80 Å². The molecule has 92 valence electrons. The molecule has 0 N–H and O–H groups in total. The van der Waals surface area contributed by atoms with Crippen molar-refractivity contribution in [2.75, 3.05) is 27.6 Å². The zero-order valence-corrected chi connectivity index (χ0v) is 10.6. The molecule has 3 rings (SSSR count). The first-order valence-electron chi connectivity index (χ1n) is 5.93. The second-order valence-electron chi connectivity index (χ2n) is 5.05. The highest BCUT2D eigenvalue weighted by Gasteiger charge is 2.24. The van der Waals surface area contributed by atoms with Crippen molar-refractivity contribution in [2.24, 2.45) is 0 Å². The first-order valence-corrected chi connectivity index (χ1v) is 5.93. The Hall–Kier alpha value is -1.26. The van der Waals surface area contributed by atoms with E-state index in [1.54, 1.807) is 0 Å². The maximum atomic E-state index is 5.79. The van der Waals surface area contributed by atoms with Gasteiger partial charge >= 0.3 is 0 Å². The Balaban J connectivity index is 2.08. The first-order chi connectivity index (χ1) is 8.15. The Morgan fingerprint density at radius 1 is 0.941 bits per heavy atom. The molecule has 4 nitrogen and oxygen atoms in total. The summed E-state index contributed by atoms with van der Waals surface area (Å²) in [5.74, 6) is 2.04. The van der Waals surface area contributed by atoms with E-state index in [1.807, 2.05) is 0 Å². The van der Waals surface area contributed by atoms with Crippen molar-refractivity contribution in [3.05, 3.63) is 22.8 Å². The molecule has 1 aromatic rings. The number of hydrogen-bond acceptors (Lipinski definition) is 4. The molecule has 0 aliphatic carbocycles. The van der Waals surface area contributed by atoms with Gasteiger partial charge in [0.1, 0.15) is 25.0 Å². The molecule has 17 heavy (non-hydrogen) atoms. The van der Waals surface area contributed by atoms with Crippen molar-refractivity contribution in [1.82, 2.24) is 9.80 Å². The largest absolute Gasteiger partial charge is 0.477 e. The Morgan fingerprint density at radius 3 is 1.88 bits per heavy atom. The number of benzene rings is 1. The first kappa shape index (κ1) is 10.9. The van der Waals surface area contributed by atoms with E-state index in [2.05, 4.69) is 36.9 Å². The van der Waals surface area contributed by atoms with Crippen molar-refractivity contribution < 1.29 is 9.47 Å². The van der Waals surface area contributed by atoms with Gasteiger partial charge in [-0.25, -0.2) is 0 Å². The Morgan fingerprint density at radius 2 is 1.41 bits per heavy atom. The van der Waals surface area contributed by atoms with Gasteiger partial charge in [-0.05, 0) is 27.1 Å². The van der Waals surface area contributed by atoms with Gasteiger partial charge in [0.15, 0.2) is 0 Å². The standard InChI is InChI=1S/C13H18N2O2/c1-9-12-10(5-14(2)7-16-12)4-11-6-15(3)8-17-13(9)11/h4H,5-8H2,1-3H3. The fraction of sp³-hybridized carbons (Fsp3) is 0.538. The number of rotatable bonds is 0.